The molecule has 2 N–H and O–H groups in total. The van der Waals surface area contributed by atoms with Gasteiger partial charge in [-0.3, -0.25) is 0 Å². The molecule has 150 valence electrons. The molecule has 0 fully saturated rings. The molecule has 0 saturated heterocycles. The number of halogens is 1. The Balaban J connectivity index is 2.29. The van der Waals surface area contributed by atoms with Crippen LogP contribution in [0.3, 0.4) is 0 Å². The number of nitrogen functional groups attached to an aromatic ring is 1. The molecular formula is C24H20ClN3O2. The van der Waals surface area contributed by atoms with Crippen molar-refractivity contribution in [2.75, 3.05) is 18.9 Å². The van der Waals surface area contributed by atoms with Gasteiger partial charge in [-0.05, 0) is 37.1 Å². The summed E-state index contributed by atoms with van der Waals surface area (Å²) >= 11 is 6.51. The summed E-state index contributed by atoms with van der Waals surface area (Å²) in [5.74, 6) is 3.35. The summed E-state index contributed by atoms with van der Waals surface area (Å²) in [5, 5.41) is 10.1. The fourth-order valence-corrected chi connectivity index (χ4v) is 3.39. The number of ether oxygens (including phenoxy) is 2. The zero-order chi connectivity index (χ0) is 21.7. The van der Waals surface area contributed by atoms with E-state index < -0.39 is 0 Å². The molecule has 0 bridgehead atoms. The van der Waals surface area contributed by atoms with Crippen LogP contribution >= 0.6 is 11.6 Å². The molecule has 0 spiro atoms. The largest absolute Gasteiger partial charge is 0.490 e. The standard InChI is InChI=1S/C24H20ClN3O2/c1-4-10-30-23-20(25)11-17(12-21(23)29-5-2)22-18(13-26)24(27)28-14-19(22)16-8-6-15(3)7-9-16/h1,6-9,11-12,14H,5,10H2,2-3H3,(H2,27,28). The quantitative estimate of drug-likeness (QED) is 0.554. The molecule has 3 rings (SSSR count). The van der Waals surface area contributed by atoms with E-state index in [4.69, 9.17) is 33.2 Å². The van der Waals surface area contributed by atoms with Crippen LogP contribution in [-0.2, 0) is 0 Å². The number of hydrogen-bond donors (Lipinski definition) is 1. The van der Waals surface area contributed by atoms with Crippen LogP contribution in [0.15, 0.2) is 42.6 Å². The van der Waals surface area contributed by atoms with E-state index in [0.717, 1.165) is 16.7 Å². The molecule has 0 aliphatic heterocycles. The lowest BCUT2D eigenvalue weighted by molar-refractivity contribution is 0.299. The summed E-state index contributed by atoms with van der Waals surface area (Å²) in [7, 11) is 0. The highest BCUT2D eigenvalue weighted by Gasteiger charge is 2.20. The number of nitriles is 1. The Morgan fingerprint density at radius 2 is 1.90 bits per heavy atom. The number of hydrogen-bond acceptors (Lipinski definition) is 5. The van der Waals surface area contributed by atoms with Gasteiger partial charge in [-0.25, -0.2) is 4.98 Å². The summed E-state index contributed by atoms with van der Waals surface area (Å²) in [6, 6.07) is 13.6. The molecule has 0 unspecified atom stereocenters. The topological polar surface area (TPSA) is 81.2 Å². The SMILES string of the molecule is C#CCOc1c(Cl)cc(-c2c(-c3ccc(C)cc3)cnc(N)c2C#N)cc1OCC. The maximum Gasteiger partial charge on any atom is 0.181 e. The van der Waals surface area contributed by atoms with Gasteiger partial charge in [0.15, 0.2) is 11.5 Å². The molecule has 1 heterocycles. The molecule has 0 saturated carbocycles. The van der Waals surface area contributed by atoms with Crippen molar-refractivity contribution in [3.63, 3.8) is 0 Å². The van der Waals surface area contributed by atoms with E-state index in [1.54, 1.807) is 18.3 Å². The van der Waals surface area contributed by atoms with Crippen molar-refractivity contribution in [1.29, 1.82) is 5.26 Å². The van der Waals surface area contributed by atoms with E-state index in [-0.39, 0.29) is 18.0 Å². The van der Waals surface area contributed by atoms with Crippen molar-refractivity contribution in [2.45, 2.75) is 13.8 Å². The number of terminal acetylenes is 1. The average molecular weight is 418 g/mol. The first-order valence-electron chi connectivity index (χ1n) is 9.28. The summed E-state index contributed by atoms with van der Waals surface area (Å²) in [5.41, 5.74) is 10.4. The van der Waals surface area contributed by atoms with E-state index >= 15 is 0 Å². The van der Waals surface area contributed by atoms with Gasteiger partial charge >= 0.3 is 0 Å². The maximum atomic E-state index is 9.81. The van der Waals surface area contributed by atoms with Crippen LogP contribution in [0.4, 0.5) is 5.82 Å². The first kappa shape index (κ1) is 21.0. The first-order valence-corrected chi connectivity index (χ1v) is 9.66. The molecular weight excluding hydrogens is 398 g/mol. The number of aromatic nitrogens is 1. The monoisotopic (exact) mass is 417 g/mol. The predicted octanol–water partition coefficient (Wildman–Crippen LogP) is 5.24. The summed E-state index contributed by atoms with van der Waals surface area (Å²) in [4.78, 5) is 4.22. The second-order valence-electron chi connectivity index (χ2n) is 6.50. The van der Waals surface area contributed by atoms with Crippen molar-refractivity contribution in [1.82, 2.24) is 4.98 Å². The number of nitrogens with two attached hydrogens (primary N) is 1. The number of benzene rings is 2. The smallest absolute Gasteiger partial charge is 0.181 e. The fourth-order valence-electron chi connectivity index (χ4n) is 3.12. The highest BCUT2D eigenvalue weighted by Crippen LogP contribution is 2.43. The molecule has 5 nitrogen and oxygen atoms in total. The molecule has 0 aliphatic carbocycles. The van der Waals surface area contributed by atoms with Crippen LogP contribution in [0.5, 0.6) is 11.5 Å². The van der Waals surface area contributed by atoms with Gasteiger partial charge in [0.2, 0.25) is 0 Å². The highest BCUT2D eigenvalue weighted by molar-refractivity contribution is 6.32. The number of rotatable bonds is 6. The molecule has 1 aromatic heterocycles. The Morgan fingerprint density at radius 1 is 1.17 bits per heavy atom. The van der Waals surface area contributed by atoms with Crippen molar-refractivity contribution in [3.8, 4) is 52.2 Å². The number of nitrogens with zero attached hydrogens (tertiary/aromatic N) is 2. The lowest BCUT2D eigenvalue weighted by Crippen LogP contribution is -2.02. The lowest BCUT2D eigenvalue weighted by atomic mass is 9.92. The molecule has 0 amide bonds. The van der Waals surface area contributed by atoms with Crippen LogP contribution in [0.25, 0.3) is 22.3 Å². The Hall–Kier alpha value is -3.67. The molecule has 3 aromatic rings. The Kier molecular flexibility index (Phi) is 6.47. The summed E-state index contributed by atoms with van der Waals surface area (Å²) in [6.45, 7) is 4.32. The van der Waals surface area contributed by atoms with Gasteiger partial charge in [0.1, 0.15) is 24.1 Å². The Labute approximate surface area is 181 Å². The van der Waals surface area contributed by atoms with Gasteiger partial charge in [-0.2, -0.15) is 5.26 Å². The van der Waals surface area contributed by atoms with E-state index in [9.17, 15) is 5.26 Å². The van der Waals surface area contributed by atoms with Gasteiger partial charge in [0.05, 0.1) is 11.6 Å². The second-order valence-corrected chi connectivity index (χ2v) is 6.90. The van der Waals surface area contributed by atoms with E-state index in [0.29, 0.717) is 34.3 Å². The van der Waals surface area contributed by atoms with Gasteiger partial charge in [0, 0.05) is 17.3 Å². The zero-order valence-corrected chi connectivity index (χ0v) is 17.5. The van der Waals surface area contributed by atoms with E-state index in [1.165, 1.54) is 0 Å². The van der Waals surface area contributed by atoms with Crippen molar-refractivity contribution in [3.05, 3.63) is 58.7 Å². The third-order valence-electron chi connectivity index (χ3n) is 4.48. The average Bonchev–Trinajstić information content (AvgIpc) is 2.73. The van der Waals surface area contributed by atoms with Crippen molar-refractivity contribution >= 4 is 17.4 Å². The third kappa shape index (κ3) is 4.17. The highest BCUT2D eigenvalue weighted by atomic mass is 35.5. The molecule has 2 aromatic carbocycles. The first-order chi connectivity index (χ1) is 14.5. The van der Waals surface area contributed by atoms with Crippen LogP contribution in [-0.4, -0.2) is 18.2 Å². The van der Waals surface area contributed by atoms with Crippen LogP contribution < -0.4 is 15.2 Å². The fraction of sp³-hybridized carbons (Fsp3) is 0.167. The van der Waals surface area contributed by atoms with Gasteiger partial charge in [-0.15, -0.1) is 6.42 Å². The Bertz CT molecular complexity index is 1160. The van der Waals surface area contributed by atoms with E-state index in [1.807, 2.05) is 38.1 Å². The van der Waals surface area contributed by atoms with Crippen molar-refractivity contribution in [2.24, 2.45) is 0 Å². The van der Waals surface area contributed by atoms with Crippen molar-refractivity contribution < 1.29 is 9.47 Å². The minimum atomic E-state index is 0.0550. The normalized spacial score (nSPS) is 10.2. The van der Waals surface area contributed by atoms with Crippen LogP contribution in [0.1, 0.15) is 18.1 Å². The minimum Gasteiger partial charge on any atom is -0.490 e. The molecule has 0 atom stereocenters. The van der Waals surface area contributed by atoms with Crippen LogP contribution in [0, 0.1) is 30.6 Å². The summed E-state index contributed by atoms with van der Waals surface area (Å²) < 4.78 is 11.3. The maximum absolute atomic E-state index is 9.81. The zero-order valence-electron chi connectivity index (χ0n) is 16.7. The molecule has 30 heavy (non-hydrogen) atoms. The lowest BCUT2D eigenvalue weighted by Gasteiger charge is -2.17. The van der Waals surface area contributed by atoms with Gasteiger partial charge in [0.25, 0.3) is 0 Å². The minimum absolute atomic E-state index is 0.0550. The molecule has 0 aliphatic rings. The number of aryl methyl sites for hydroxylation is 1. The second kappa shape index (κ2) is 9.22. The number of anilines is 1. The van der Waals surface area contributed by atoms with Gasteiger partial charge in [-0.1, -0.05) is 47.4 Å². The Morgan fingerprint density at radius 3 is 2.53 bits per heavy atom. The summed E-state index contributed by atoms with van der Waals surface area (Å²) in [6.07, 6.45) is 6.96. The third-order valence-corrected chi connectivity index (χ3v) is 4.76. The van der Waals surface area contributed by atoms with E-state index in [2.05, 4.69) is 17.0 Å². The predicted molar refractivity (Wildman–Crippen MR) is 119 cm³/mol. The molecule has 6 heteroatoms. The number of pyridine rings is 1. The molecule has 0 radical (unpaired) electrons. The van der Waals surface area contributed by atoms with Gasteiger partial charge < -0.3 is 15.2 Å². The van der Waals surface area contributed by atoms with Crippen LogP contribution in [0.2, 0.25) is 5.02 Å².